The quantitative estimate of drug-likeness (QED) is 0.551. The lowest BCUT2D eigenvalue weighted by atomic mass is 9.85. The number of alkyl halides is 3. The standard InChI is InChI=1S/C27H40F3N7O3/c1-18-19(34-12-14-36(15-13-34)24(39)40-25(2,3)4)17-37(18)21-16-20(31-23(32-21)27(28,29)30)35-10-8-26(9-11-35)7-6-22(38)33(26)5/h16,18-19H,6-15,17H2,1-5H3/t18-,19-/m1/s1. The summed E-state index contributed by atoms with van der Waals surface area (Å²) in [6.07, 6.45) is -2.27. The molecule has 0 bridgehead atoms. The molecule has 0 aliphatic carbocycles. The Balaban J connectivity index is 1.24. The third kappa shape index (κ3) is 5.53. The molecule has 0 unspecified atom stereocenters. The first-order valence-electron chi connectivity index (χ1n) is 14.1. The minimum Gasteiger partial charge on any atom is -0.444 e. The van der Waals surface area contributed by atoms with E-state index in [-0.39, 0.29) is 41.3 Å². The van der Waals surface area contributed by atoms with E-state index in [0.717, 1.165) is 6.42 Å². The van der Waals surface area contributed by atoms with Crippen LogP contribution in [0.1, 0.15) is 59.2 Å². The minimum atomic E-state index is -4.66. The van der Waals surface area contributed by atoms with Gasteiger partial charge in [0.1, 0.15) is 17.2 Å². The van der Waals surface area contributed by atoms with E-state index in [1.165, 1.54) is 0 Å². The average Bonchev–Trinajstić information content (AvgIpc) is 3.15. The number of halogens is 3. The monoisotopic (exact) mass is 567 g/mol. The highest BCUT2D eigenvalue weighted by Crippen LogP contribution is 2.40. The Morgan fingerprint density at radius 2 is 1.62 bits per heavy atom. The van der Waals surface area contributed by atoms with Crippen LogP contribution in [0.4, 0.5) is 29.6 Å². The average molecular weight is 568 g/mol. The third-order valence-corrected chi connectivity index (χ3v) is 9.02. The normalized spacial score (nSPS) is 25.9. The summed E-state index contributed by atoms with van der Waals surface area (Å²) >= 11 is 0. The smallest absolute Gasteiger partial charge is 0.444 e. The summed E-state index contributed by atoms with van der Waals surface area (Å²) in [5, 5.41) is 0. The maximum atomic E-state index is 13.8. The van der Waals surface area contributed by atoms with Gasteiger partial charge in [-0.15, -0.1) is 0 Å². The summed E-state index contributed by atoms with van der Waals surface area (Å²) < 4.78 is 47.0. The first-order chi connectivity index (χ1) is 18.7. The van der Waals surface area contributed by atoms with Gasteiger partial charge in [-0.3, -0.25) is 9.69 Å². The second-order valence-electron chi connectivity index (χ2n) is 12.5. The molecule has 40 heavy (non-hydrogen) atoms. The largest absolute Gasteiger partial charge is 0.451 e. The Morgan fingerprint density at radius 3 is 2.15 bits per heavy atom. The minimum absolute atomic E-state index is 0.0420. The van der Waals surface area contributed by atoms with E-state index >= 15 is 0 Å². The van der Waals surface area contributed by atoms with Crippen LogP contribution < -0.4 is 9.80 Å². The van der Waals surface area contributed by atoms with Crippen LogP contribution in [0.3, 0.4) is 0 Å². The second-order valence-corrected chi connectivity index (χ2v) is 12.5. The van der Waals surface area contributed by atoms with Crippen molar-refractivity contribution in [3.05, 3.63) is 11.9 Å². The number of anilines is 2. The Bertz CT molecular complexity index is 1130. The van der Waals surface area contributed by atoms with Crippen molar-refractivity contribution in [2.75, 3.05) is 62.7 Å². The predicted molar refractivity (Wildman–Crippen MR) is 143 cm³/mol. The third-order valence-electron chi connectivity index (χ3n) is 9.02. The van der Waals surface area contributed by atoms with Gasteiger partial charge in [-0.25, -0.2) is 14.8 Å². The van der Waals surface area contributed by atoms with Gasteiger partial charge < -0.3 is 24.3 Å². The van der Waals surface area contributed by atoms with Crippen LogP contribution in [0, 0.1) is 0 Å². The summed E-state index contributed by atoms with van der Waals surface area (Å²) in [7, 11) is 1.83. The Labute approximate surface area is 233 Å². The molecule has 4 saturated heterocycles. The Hall–Kier alpha value is -2.83. The predicted octanol–water partition coefficient (Wildman–Crippen LogP) is 3.22. The first-order valence-corrected chi connectivity index (χ1v) is 14.1. The molecule has 2 amide bonds. The number of likely N-dealkylation sites (tertiary alicyclic amines) is 1. The molecule has 0 N–H and O–H groups in total. The Morgan fingerprint density at radius 1 is 1.00 bits per heavy atom. The van der Waals surface area contributed by atoms with Crippen molar-refractivity contribution >= 4 is 23.6 Å². The number of piperidine rings is 1. The molecule has 4 aliphatic rings. The van der Waals surface area contributed by atoms with Gasteiger partial charge in [-0.05, 0) is 47.0 Å². The van der Waals surface area contributed by atoms with Crippen molar-refractivity contribution in [2.45, 2.75) is 82.8 Å². The Kier molecular flexibility index (Phi) is 7.33. The van der Waals surface area contributed by atoms with Crippen molar-refractivity contribution in [2.24, 2.45) is 0 Å². The van der Waals surface area contributed by atoms with Gasteiger partial charge in [0, 0.05) is 83.0 Å². The fourth-order valence-electron chi connectivity index (χ4n) is 6.41. The van der Waals surface area contributed by atoms with Gasteiger partial charge in [-0.2, -0.15) is 13.2 Å². The highest BCUT2D eigenvalue weighted by Gasteiger charge is 2.46. The summed E-state index contributed by atoms with van der Waals surface area (Å²) in [6, 6.07) is 1.78. The first kappa shape index (κ1) is 28.7. The van der Waals surface area contributed by atoms with Crippen LogP contribution in [0.5, 0.6) is 0 Å². The summed E-state index contributed by atoms with van der Waals surface area (Å²) in [5.41, 5.74) is -0.757. The van der Waals surface area contributed by atoms with E-state index in [9.17, 15) is 22.8 Å². The molecule has 0 aromatic carbocycles. The van der Waals surface area contributed by atoms with Gasteiger partial charge in [0.2, 0.25) is 11.7 Å². The van der Waals surface area contributed by atoms with Crippen LogP contribution in [0.15, 0.2) is 6.07 Å². The van der Waals surface area contributed by atoms with Crippen molar-refractivity contribution in [1.29, 1.82) is 0 Å². The van der Waals surface area contributed by atoms with Gasteiger partial charge in [0.05, 0.1) is 0 Å². The highest BCUT2D eigenvalue weighted by atomic mass is 19.4. The molecular formula is C27H40F3N7O3. The lowest BCUT2D eigenvalue weighted by Gasteiger charge is -2.53. The number of ether oxygens (including phenoxy) is 1. The van der Waals surface area contributed by atoms with Crippen LogP contribution in [0.2, 0.25) is 0 Å². The molecule has 5 rings (SSSR count). The number of rotatable bonds is 3. The zero-order valence-corrected chi connectivity index (χ0v) is 24.0. The molecule has 1 spiro atoms. The number of hydrogen-bond donors (Lipinski definition) is 0. The molecule has 13 heteroatoms. The van der Waals surface area contributed by atoms with E-state index in [1.54, 1.807) is 11.0 Å². The summed E-state index contributed by atoms with van der Waals surface area (Å²) in [6.45, 7) is 11.6. The van der Waals surface area contributed by atoms with E-state index in [0.29, 0.717) is 65.1 Å². The number of hydrogen-bond acceptors (Lipinski definition) is 8. The van der Waals surface area contributed by atoms with Crippen LogP contribution in [-0.4, -0.2) is 113 Å². The number of carbonyl (C=O) groups is 2. The highest BCUT2D eigenvalue weighted by molar-refractivity contribution is 5.79. The number of piperazine rings is 1. The lowest BCUT2D eigenvalue weighted by Crippen LogP contribution is -2.68. The van der Waals surface area contributed by atoms with E-state index in [4.69, 9.17) is 4.74 Å². The SMILES string of the molecule is C[C@@H]1[C@H](N2CCN(C(=O)OC(C)(C)C)CC2)CN1c1cc(N2CCC3(CCC(=O)N3C)CC2)nc(C(F)(F)F)n1. The van der Waals surface area contributed by atoms with Gasteiger partial charge in [-0.1, -0.05) is 0 Å². The van der Waals surface area contributed by atoms with E-state index < -0.39 is 17.6 Å². The molecule has 4 aliphatic heterocycles. The molecule has 4 fully saturated rings. The van der Waals surface area contributed by atoms with Crippen molar-refractivity contribution in [1.82, 2.24) is 24.7 Å². The number of carbonyl (C=O) groups excluding carboxylic acids is 2. The number of nitrogens with zero attached hydrogens (tertiary/aromatic N) is 7. The molecule has 0 saturated carbocycles. The van der Waals surface area contributed by atoms with Crippen LogP contribution in [0.25, 0.3) is 0 Å². The van der Waals surface area contributed by atoms with Crippen molar-refractivity contribution in [3.8, 4) is 0 Å². The molecule has 1 aromatic rings. The maximum absolute atomic E-state index is 13.8. The number of aromatic nitrogens is 2. The molecule has 5 heterocycles. The fraction of sp³-hybridized carbons (Fsp3) is 0.778. The lowest BCUT2D eigenvalue weighted by molar-refractivity contribution is -0.144. The van der Waals surface area contributed by atoms with Crippen LogP contribution in [-0.2, 0) is 15.7 Å². The molecule has 0 radical (unpaired) electrons. The zero-order valence-electron chi connectivity index (χ0n) is 24.0. The van der Waals surface area contributed by atoms with E-state index in [1.807, 2.05) is 49.4 Å². The second kappa shape index (κ2) is 10.2. The van der Waals surface area contributed by atoms with Gasteiger partial charge >= 0.3 is 12.3 Å². The van der Waals surface area contributed by atoms with Gasteiger partial charge in [0.25, 0.3) is 0 Å². The fourth-order valence-corrected chi connectivity index (χ4v) is 6.41. The topological polar surface area (TPSA) is 85.4 Å². The molecular weight excluding hydrogens is 527 g/mol. The number of amides is 2. The molecule has 10 nitrogen and oxygen atoms in total. The molecule has 2 atom stereocenters. The maximum Gasteiger partial charge on any atom is 0.451 e. The van der Waals surface area contributed by atoms with Crippen molar-refractivity contribution < 1.29 is 27.5 Å². The zero-order chi connectivity index (χ0) is 29.0. The van der Waals surface area contributed by atoms with Crippen LogP contribution >= 0.6 is 0 Å². The van der Waals surface area contributed by atoms with Crippen molar-refractivity contribution in [3.63, 3.8) is 0 Å². The molecule has 1 aromatic heterocycles. The molecule has 222 valence electrons. The van der Waals surface area contributed by atoms with Gasteiger partial charge in [0.15, 0.2) is 0 Å². The summed E-state index contributed by atoms with van der Waals surface area (Å²) in [4.78, 5) is 42.0. The van der Waals surface area contributed by atoms with E-state index in [2.05, 4.69) is 14.9 Å². The summed E-state index contributed by atoms with van der Waals surface area (Å²) in [5.74, 6) is -0.442.